The van der Waals surface area contributed by atoms with Crippen LogP contribution in [-0.4, -0.2) is 21.0 Å². The van der Waals surface area contributed by atoms with E-state index in [4.69, 9.17) is 0 Å². The molecule has 2 aromatic carbocycles. The summed E-state index contributed by atoms with van der Waals surface area (Å²) in [6.07, 6.45) is 4.65. The van der Waals surface area contributed by atoms with Crippen molar-refractivity contribution in [3.8, 4) is 0 Å². The van der Waals surface area contributed by atoms with Gasteiger partial charge in [-0.15, -0.1) is 0 Å². The molecule has 1 atom stereocenters. The number of hydrogen-bond acceptors (Lipinski definition) is 3. The van der Waals surface area contributed by atoms with Gasteiger partial charge in [-0.05, 0) is 36.5 Å². The molecule has 3 heteroatoms. The van der Waals surface area contributed by atoms with Crippen molar-refractivity contribution in [1.29, 1.82) is 0 Å². The quantitative estimate of drug-likeness (QED) is 0.788. The molecule has 0 radical (unpaired) electrons. The van der Waals surface area contributed by atoms with E-state index < -0.39 is 11.6 Å². The highest BCUT2D eigenvalue weighted by Gasteiger charge is 2.42. The van der Waals surface area contributed by atoms with Gasteiger partial charge in [-0.1, -0.05) is 73.9 Å². The van der Waals surface area contributed by atoms with E-state index in [2.05, 4.69) is 0 Å². The first-order valence-corrected chi connectivity index (χ1v) is 8.87. The minimum absolute atomic E-state index is 0.404. The van der Waals surface area contributed by atoms with E-state index >= 15 is 0 Å². The maximum Gasteiger partial charge on any atom is 0.0893 e. The van der Waals surface area contributed by atoms with E-state index in [0.717, 1.165) is 48.8 Å². The molecule has 1 fully saturated rings. The third-order valence-corrected chi connectivity index (χ3v) is 5.20. The normalized spacial score (nSPS) is 18.5. The average molecular weight is 325 g/mol. The molecule has 0 aromatic heterocycles. The number of aliphatic hydroxyl groups is 1. The third-order valence-electron chi connectivity index (χ3n) is 5.20. The van der Waals surface area contributed by atoms with Gasteiger partial charge < -0.3 is 10.3 Å². The Morgan fingerprint density at radius 2 is 1.58 bits per heavy atom. The molecule has 128 valence electrons. The monoisotopic (exact) mass is 325 g/mol. The van der Waals surface area contributed by atoms with Gasteiger partial charge in [0.1, 0.15) is 0 Å². The van der Waals surface area contributed by atoms with Crippen LogP contribution in [0.5, 0.6) is 0 Å². The Morgan fingerprint density at radius 3 is 2.25 bits per heavy atom. The maximum absolute atomic E-state index is 11.4. The zero-order valence-electron chi connectivity index (χ0n) is 14.4. The number of rotatable bonds is 5. The van der Waals surface area contributed by atoms with Crippen molar-refractivity contribution in [3.05, 3.63) is 71.3 Å². The van der Waals surface area contributed by atoms with E-state index in [-0.39, 0.29) is 0 Å². The molecular formula is C21H27NO2. The Hall–Kier alpha value is -1.68. The summed E-state index contributed by atoms with van der Waals surface area (Å²) >= 11 is 0. The van der Waals surface area contributed by atoms with Gasteiger partial charge in [0.25, 0.3) is 0 Å². The van der Waals surface area contributed by atoms with Crippen LogP contribution in [0.4, 0.5) is 0 Å². The molecule has 1 aliphatic rings. The van der Waals surface area contributed by atoms with Crippen LogP contribution in [0.2, 0.25) is 0 Å². The molecule has 1 aliphatic carbocycles. The fourth-order valence-corrected chi connectivity index (χ4v) is 3.92. The van der Waals surface area contributed by atoms with Gasteiger partial charge in [-0.2, -0.15) is 5.06 Å². The van der Waals surface area contributed by atoms with Crippen molar-refractivity contribution < 1.29 is 10.3 Å². The minimum Gasteiger partial charge on any atom is -0.388 e. The summed E-state index contributed by atoms with van der Waals surface area (Å²) in [6.45, 7) is 2.45. The molecule has 0 aliphatic heterocycles. The van der Waals surface area contributed by atoms with Crippen LogP contribution in [0.25, 0.3) is 0 Å². The zero-order valence-corrected chi connectivity index (χ0v) is 14.4. The van der Waals surface area contributed by atoms with E-state index in [1.165, 1.54) is 5.06 Å². The predicted molar refractivity (Wildman–Crippen MR) is 95.7 cm³/mol. The van der Waals surface area contributed by atoms with E-state index in [9.17, 15) is 10.3 Å². The van der Waals surface area contributed by atoms with Crippen molar-refractivity contribution in [1.82, 2.24) is 5.06 Å². The lowest BCUT2D eigenvalue weighted by Crippen LogP contribution is -2.46. The largest absolute Gasteiger partial charge is 0.388 e. The number of nitrogens with zero attached hydrogens (tertiary/aromatic N) is 1. The topological polar surface area (TPSA) is 43.7 Å². The molecule has 3 nitrogen and oxygen atoms in total. The molecule has 0 amide bonds. The van der Waals surface area contributed by atoms with Crippen molar-refractivity contribution in [3.63, 3.8) is 0 Å². The number of aryl methyl sites for hydroxylation is 1. The molecule has 1 unspecified atom stereocenters. The van der Waals surface area contributed by atoms with Crippen LogP contribution < -0.4 is 0 Å². The van der Waals surface area contributed by atoms with Crippen LogP contribution in [-0.2, 0) is 6.54 Å². The molecule has 2 aromatic rings. The maximum atomic E-state index is 11.4. The van der Waals surface area contributed by atoms with Gasteiger partial charge in [0.05, 0.1) is 11.6 Å². The second-order valence-corrected chi connectivity index (χ2v) is 7.01. The molecule has 2 N–H and O–H groups in total. The summed E-state index contributed by atoms with van der Waals surface area (Å²) in [5, 5.41) is 23.6. The lowest BCUT2D eigenvalue weighted by atomic mass is 9.76. The summed E-state index contributed by atoms with van der Waals surface area (Å²) in [5.74, 6) is 0. The van der Waals surface area contributed by atoms with Gasteiger partial charge >= 0.3 is 0 Å². The molecule has 3 rings (SSSR count). The molecular weight excluding hydrogens is 298 g/mol. The van der Waals surface area contributed by atoms with Crippen LogP contribution in [0, 0.1) is 6.92 Å². The SMILES string of the molecule is Cc1ccccc1C(N(O)Cc1ccccc1)C1(O)CCCCC1. The highest BCUT2D eigenvalue weighted by molar-refractivity contribution is 5.31. The van der Waals surface area contributed by atoms with Crippen molar-refractivity contribution in [2.24, 2.45) is 0 Å². The van der Waals surface area contributed by atoms with Gasteiger partial charge in [0.2, 0.25) is 0 Å². The van der Waals surface area contributed by atoms with Crippen molar-refractivity contribution in [2.45, 2.75) is 57.2 Å². The molecule has 0 spiro atoms. The fraction of sp³-hybridized carbons (Fsp3) is 0.429. The Balaban J connectivity index is 1.94. The van der Waals surface area contributed by atoms with Gasteiger partial charge in [-0.25, -0.2) is 0 Å². The van der Waals surface area contributed by atoms with Gasteiger partial charge in [0.15, 0.2) is 0 Å². The summed E-state index contributed by atoms with van der Waals surface area (Å²) in [4.78, 5) is 0. The molecule has 0 bridgehead atoms. The van der Waals surface area contributed by atoms with Crippen LogP contribution in [0.3, 0.4) is 0 Å². The Bertz CT molecular complexity index is 650. The Labute approximate surface area is 144 Å². The number of hydrogen-bond donors (Lipinski definition) is 2. The lowest BCUT2D eigenvalue weighted by molar-refractivity contribution is -0.203. The smallest absolute Gasteiger partial charge is 0.0893 e. The first-order valence-electron chi connectivity index (χ1n) is 8.87. The average Bonchev–Trinajstić information content (AvgIpc) is 2.58. The van der Waals surface area contributed by atoms with E-state index in [1.54, 1.807) is 0 Å². The summed E-state index contributed by atoms with van der Waals surface area (Å²) in [7, 11) is 0. The Morgan fingerprint density at radius 1 is 0.958 bits per heavy atom. The van der Waals surface area contributed by atoms with E-state index in [1.807, 2.05) is 61.5 Å². The zero-order chi connectivity index (χ0) is 17.0. The van der Waals surface area contributed by atoms with Crippen molar-refractivity contribution >= 4 is 0 Å². The second-order valence-electron chi connectivity index (χ2n) is 7.01. The van der Waals surface area contributed by atoms with Gasteiger partial charge in [0, 0.05) is 6.54 Å². The highest BCUT2D eigenvalue weighted by Crippen LogP contribution is 2.42. The van der Waals surface area contributed by atoms with Gasteiger partial charge in [-0.3, -0.25) is 0 Å². The Kier molecular flexibility index (Phi) is 5.34. The first kappa shape index (κ1) is 17.2. The van der Waals surface area contributed by atoms with Crippen LogP contribution in [0.15, 0.2) is 54.6 Å². The predicted octanol–water partition coefficient (Wildman–Crippen LogP) is 4.62. The van der Waals surface area contributed by atoms with Crippen LogP contribution in [0.1, 0.15) is 54.8 Å². The minimum atomic E-state index is -0.881. The fourth-order valence-electron chi connectivity index (χ4n) is 3.92. The summed E-state index contributed by atoms with van der Waals surface area (Å²) < 4.78 is 0. The van der Waals surface area contributed by atoms with E-state index in [0.29, 0.717) is 6.54 Å². The summed E-state index contributed by atoms with van der Waals surface area (Å²) in [5.41, 5.74) is 2.28. The van der Waals surface area contributed by atoms with Crippen molar-refractivity contribution in [2.75, 3.05) is 0 Å². The highest BCUT2D eigenvalue weighted by atomic mass is 16.5. The molecule has 0 heterocycles. The lowest BCUT2D eigenvalue weighted by Gasteiger charge is -2.43. The second kappa shape index (κ2) is 7.47. The molecule has 0 saturated heterocycles. The standard InChI is InChI=1S/C21H27NO2/c1-17-10-6-7-13-19(17)20(21(23)14-8-3-9-15-21)22(24)16-18-11-4-2-5-12-18/h2,4-7,10-13,20,23-24H,3,8-9,14-16H2,1H3. The van der Waals surface area contributed by atoms with Crippen LogP contribution >= 0.6 is 0 Å². The number of benzene rings is 2. The molecule has 24 heavy (non-hydrogen) atoms. The number of hydroxylamine groups is 2. The first-order chi connectivity index (χ1) is 11.6. The third kappa shape index (κ3) is 3.69. The molecule has 1 saturated carbocycles. The summed E-state index contributed by atoms with van der Waals surface area (Å²) in [6, 6.07) is 17.6.